The van der Waals surface area contributed by atoms with Crippen LogP contribution in [0, 0.1) is 5.92 Å². The Hall–Kier alpha value is -2.78. The summed E-state index contributed by atoms with van der Waals surface area (Å²) in [5.74, 6) is -0.0194. The molecule has 0 spiro atoms. The summed E-state index contributed by atoms with van der Waals surface area (Å²) >= 11 is 0. The lowest BCUT2D eigenvalue weighted by atomic mass is 9.86. The molecule has 4 rings (SSSR count). The molecule has 2 amide bonds. The number of carbonyl (C=O) groups excluding carboxylic acids is 2. The third-order valence-electron chi connectivity index (χ3n) is 6.59. The van der Waals surface area contributed by atoms with Gasteiger partial charge >= 0.3 is 0 Å². The van der Waals surface area contributed by atoms with E-state index in [1.165, 1.54) is 9.21 Å². The van der Waals surface area contributed by atoms with Crippen LogP contribution in [0.3, 0.4) is 0 Å². The predicted molar refractivity (Wildman–Crippen MR) is 125 cm³/mol. The Bertz CT molecular complexity index is 1160. The van der Waals surface area contributed by atoms with Gasteiger partial charge in [0.15, 0.2) is 0 Å². The van der Waals surface area contributed by atoms with Crippen molar-refractivity contribution in [2.24, 2.45) is 5.92 Å². The maximum atomic E-state index is 13.2. The molecule has 3 heterocycles. The van der Waals surface area contributed by atoms with Gasteiger partial charge in [0.25, 0.3) is 0 Å². The summed E-state index contributed by atoms with van der Waals surface area (Å²) in [6.07, 6.45) is 3.34. The van der Waals surface area contributed by atoms with E-state index in [0.29, 0.717) is 30.3 Å². The van der Waals surface area contributed by atoms with Crippen LogP contribution >= 0.6 is 0 Å². The quantitative estimate of drug-likeness (QED) is 0.699. The molecule has 1 N–H and O–H groups in total. The average Bonchev–Trinajstić information content (AvgIpc) is 2.99. The fourth-order valence-electron chi connectivity index (χ4n) is 4.40. The minimum Gasteiger partial charge on any atom is -0.349 e. The zero-order valence-corrected chi connectivity index (χ0v) is 20.1. The minimum absolute atomic E-state index is 0.141. The number of carbonyl (C=O) groups is 2. The van der Waals surface area contributed by atoms with Crippen molar-refractivity contribution >= 4 is 27.5 Å². The number of aromatic nitrogens is 1. The van der Waals surface area contributed by atoms with Gasteiger partial charge in [0.2, 0.25) is 21.8 Å². The van der Waals surface area contributed by atoms with Crippen molar-refractivity contribution in [2.45, 2.75) is 50.5 Å². The molecule has 2 aromatic rings. The van der Waals surface area contributed by atoms with E-state index in [0.717, 1.165) is 18.5 Å². The van der Waals surface area contributed by atoms with Gasteiger partial charge in [-0.05, 0) is 68.5 Å². The van der Waals surface area contributed by atoms with Crippen molar-refractivity contribution in [1.29, 1.82) is 0 Å². The first kappa shape index (κ1) is 23.4. The van der Waals surface area contributed by atoms with Gasteiger partial charge in [-0.3, -0.25) is 14.6 Å². The minimum atomic E-state index is -3.64. The predicted octanol–water partition coefficient (Wildman–Crippen LogP) is 2.44. The van der Waals surface area contributed by atoms with E-state index in [1.807, 2.05) is 12.1 Å². The zero-order valence-electron chi connectivity index (χ0n) is 19.2. The normalized spacial score (nSPS) is 18.9. The third kappa shape index (κ3) is 4.52. The van der Waals surface area contributed by atoms with Gasteiger partial charge in [-0.25, -0.2) is 8.42 Å². The molecule has 1 aromatic carbocycles. The lowest BCUT2D eigenvalue weighted by Crippen LogP contribution is -2.42. The molecule has 0 atom stereocenters. The zero-order chi connectivity index (χ0) is 23.8. The van der Waals surface area contributed by atoms with Gasteiger partial charge in [-0.15, -0.1) is 0 Å². The molecular formula is C24H30N4O4S. The second kappa shape index (κ2) is 8.87. The van der Waals surface area contributed by atoms with Crippen molar-refractivity contribution in [3.63, 3.8) is 0 Å². The van der Waals surface area contributed by atoms with E-state index in [9.17, 15) is 18.0 Å². The Balaban J connectivity index is 1.54. The van der Waals surface area contributed by atoms with E-state index >= 15 is 0 Å². The van der Waals surface area contributed by atoms with E-state index in [-0.39, 0.29) is 29.8 Å². The highest BCUT2D eigenvalue weighted by Gasteiger charge is 2.45. The Morgan fingerprint density at radius 1 is 1.18 bits per heavy atom. The number of anilines is 1. The smallest absolute Gasteiger partial charge is 0.243 e. The summed E-state index contributed by atoms with van der Waals surface area (Å²) in [6.45, 7) is 6.80. The van der Waals surface area contributed by atoms with Crippen molar-refractivity contribution in [3.8, 4) is 0 Å². The van der Waals surface area contributed by atoms with E-state index in [2.05, 4.69) is 17.2 Å². The summed E-state index contributed by atoms with van der Waals surface area (Å²) in [5.41, 5.74) is 0.986. The molecule has 0 bridgehead atoms. The monoisotopic (exact) mass is 470 g/mol. The molecule has 2 aliphatic rings. The fourth-order valence-corrected chi connectivity index (χ4v) is 5.89. The van der Waals surface area contributed by atoms with Gasteiger partial charge in [0.1, 0.15) is 6.54 Å². The van der Waals surface area contributed by atoms with Gasteiger partial charge < -0.3 is 10.2 Å². The largest absolute Gasteiger partial charge is 0.349 e. The van der Waals surface area contributed by atoms with Crippen LogP contribution in [0.2, 0.25) is 0 Å². The number of hydrogen-bond acceptors (Lipinski definition) is 5. The van der Waals surface area contributed by atoms with Gasteiger partial charge in [0, 0.05) is 25.0 Å². The number of amides is 2. The maximum absolute atomic E-state index is 13.2. The molecule has 2 aliphatic heterocycles. The van der Waals surface area contributed by atoms with Crippen LogP contribution in [0.4, 0.5) is 5.69 Å². The third-order valence-corrected chi connectivity index (χ3v) is 8.48. The van der Waals surface area contributed by atoms with Crippen LogP contribution in [0.15, 0.2) is 47.5 Å². The first-order chi connectivity index (χ1) is 15.6. The van der Waals surface area contributed by atoms with Crippen molar-refractivity contribution in [3.05, 3.63) is 53.9 Å². The number of fused-ring (bicyclic) bond motifs is 1. The second-order valence-electron chi connectivity index (χ2n) is 9.38. The Kier molecular flexibility index (Phi) is 6.28. The molecule has 33 heavy (non-hydrogen) atoms. The molecule has 1 saturated heterocycles. The SMILES string of the molecule is CC1CCN(S(=O)(=O)c2ccc3c(c2)C(C)(C)C(=O)N3CC(=O)NCc2ccccn2)CC1. The molecular weight excluding hydrogens is 440 g/mol. The summed E-state index contributed by atoms with van der Waals surface area (Å²) < 4.78 is 28.0. The van der Waals surface area contributed by atoms with Crippen molar-refractivity contribution in [1.82, 2.24) is 14.6 Å². The summed E-state index contributed by atoms with van der Waals surface area (Å²) in [4.78, 5) is 31.5. The molecule has 8 nitrogen and oxygen atoms in total. The molecule has 1 aromatic heterocycles. The number of pyridine rings is 1. The van der Waals surface area contributed by atoms with Crippen LogP contribution in [-0.2, 0) is 31.6 Å². The van der Waals surface area contributed by atoms with E-state index < -0.39 is 15.4 Å². The number of sulfonamides is 1. The van der Waals surface area contributed by atoms with Crippen molar-refractivity contribution in [2.75, 3.05) is 24.5 Å². The standard InChI is InChI=1S/C24H30N4O4S/c1-17-9-12-27(13-10-17)33(31,32)19-7-8-21-20(14-19)24(2,3)23(30)28(21)16-22(29)26-15-18-6-4-5-11-25-18/h4-8,11,14,17H,9-10,12-13,15-16H2,1-3H3,(H,26,29). The highest BCUT2D eigenvalue weighted by Crippen LogP contribution is 2.42. The van der Waals surface area contributed by atoms with Crippen LogP contribution in [-0.4, -0.2) is 49.2 Å². The lowest BCUT2D eigenvalue weighted by molar-refractivity contribution is -0.125. The molecule has 176 valence electrons. The highest BCUT2D eigenvalue weighted by molar-refractivity contribution is 7.89. The molecule has 9 heteroatoms. The first-order valence-electron chi connectivity index (χ1n) is 11.2. The number of hydrogen-bond donors (Lipinski definition) is 1. The number of nitrogens with one attached hydrogen (secondary N) is 1. The fraction of sp³-hybridized carbons (Fsp3) is 0.458. The van der Waals surface area contributed by atoms with Crippen LogP contribution in [0.25, 0.3) is 0 Å². The number of piperidine rings is 1. The maximum Gasteiger partial charge on any atom is 0.243 e. The number of rotatable bonds is 6. The number of nitrogens with zero attached hydrogens (tertiary/aromatic N) is 3. The van der Waals surface area contributed by atoms with E-state index in [1.54, 1.807) is 44.3 Å². The average molecular weight is 471 g/mol. The summed E-state index contributed by atoms with van der Waals surface area (Å²) in [6, 6.07) is 10.2. The molecule has 0 saturated carbocycles. The lowest BCUT2D eigenvalue weighted by Gasteiger charge is -2.29. The van der Waals surface area contributed by atoms with Crippen LogP contribution in [0.5, 0.6) is 0 Å². The Morgan fingerprint density at radius 3 is 2.58 bits per heavy atom. The molecule has 0 radical (unpaired) electrons. The molecule has 1 fully saturated rings. The summed E-state index contributed by atoms with van der Waals surface area (Å²) in [5, 5.41) is 2.79. The summed E-state index contributed by atoms with van der Waals surface area (Å²) in [7, 11) is -3.64. The van der Waals surface area contributed by atoms with Crippen LogP contribution in [0.1, 0.15) is 44.9 Å². The number of benzene rings is 1. The highest BCUT2D eigenvalue weighted by atomic mass is 32.2. The van der Waals surface area contributed by atoms with E-state index in [4.69, 9.17) is 0 Å². The Morgan fingerprint density at radius 2 is 1.91 bits per heavy atom. The molecule has 0 aliphatic carbocycles. The van der Waals surface area contributed by atoms with Gasteiger partial charge in [-0.2, -0.15) is 4.31 Å². The van der Waals surface area contributed by atoms with Gasteiger partial charge in [0.05, 0.1) is 22.5 Å². The topological polar surface area (TPSA) is 99.7 Å². The van der Waals surface area contributed by atoms with Gasteiger partial charge in [-0.1, -0.05) is 13.0 Å². The Labute approximate surface area is 195 Å². The second-order valence-corrected chi connectivity index (χ2v) is 11.3. The first-order valence-corrected chi connectivity index (χ1v) is 12.7. The van der Waals surface area contributed by atoms with Crippen LogP contribution < -0.4 is 10.2 Å². The molecule has 0 unspecified atom stereocenters. The van der Waals surface area contributed by atoms with Crippen molar-refractivity contribution < 1.29 is 18.0 Å².